The second kappa shape index (κ2) is 6.03. The molecule has 1 rings (SSSR count). The molecule has 5 heteroatoms. The molecule has 0 aliphatic rings. The molecule has 0 saturated heterocycles. The van der Waals surface area contributed by atoms with Crippen LogP contribution >= 0.6 is 0 Å². The van der Waals surface area contributed by atoms with Crippen molar-refractivity contribution in [2.75, 3.05) is 13.6 Å². The summed E-state index contributed by atoms with van der Waals surface area (Å²) in [5, 5.41) is 0. The molecular weight excluding hydrogens is 261 g/mol. The molecule has 0 unspecified atom stereocenters. The topological polar surface area (TPSA) is 46.6 Å². The molecule has 20 heavy (non-hydrogen) atoms. The van der Waals surface area contributed by atoms with Gasteiger partial charge in [-0.3, -0.25) is 9.59 Å². The number of esters is 1. The molecule has 0 N–H and O–H groups in total. The van der Waals surface area contributed by atoms with Crippen LogP contribution in [0.4, 0.5) is 4.39 Å². The number of hydrogen-bond donors (Lipinski definition) is 0. The predicted octanol–water partition coefficient (Wildman–Crippen LogP) is 2.55. The van der Waals surface area contributed by atoms with Gasteiger partial charge >= 0.3 is 5.97 Å². The van der Waals surface area contributed by atoms with Crippen LogP contribution in [0.25, 0.3) is 0 Å². The Labute approximate surface area is 118 Å². The number of amides is 1. The molecule has 0 bridgehead atoms. The summed E-state index contributed by atoms with van der Waals surface area (Å²) < 4.78 is 18.6. The number of benzene rings is 1. The average molecular weight is 281 g/mol. The Morgan fingerprint density at radius 3 is 2.40 bits per heavy atom. The second-order valence-corrected chi connectivity index (χ2v) is 5.71. The largest absolute Gasteiger partial charge is 0.459 e. The van der Waals surface area contributed by atoms with E-state index < -0.39 is 23.3 Å². The normalized spacial score (nSPS) is 11.1. The summed E-state index contributed by atoms with van der Waals surface area (Å²) in [6.45, 7) is 6.70. The maximum absolute atomic E-state index is 13.4. The number of ether oxygens (including phenoxy) is 1. The zero-order chi connectivity index (χ0) is 15.5. The van der Waals surface area contributed by atoms with Gasteiger partial charge in [-0.05, 0) is 45.4 Å². The van der Waals surface area contributed by atoms with Crippen LogP contribution in [0.2, 0.25) is 0 Å². The van der Waals surface area contributed by atoms with Gasteiger partial charge in [-0.15, -0.1) is 0 Å². The van der Waals surface area contributed by atoms with Crippen LogP contribution in [0.1, 0.15) is 36.7 Å². The van der Waals surface area contributed by atoms with E-state index in [0.717, 1.165) is 0 Å². The lowest BCUT2D eigenvalue weighted by molar-refractivity contribution is -0.155. The highest BCUT2D eigenvalue weighted by Gasteiger charge is 2.20. The summed E-state index contributed by atoms with van der Waals surface area (Å²) in [7, 11) is 1.48. The maximum atomic E-state index is 13.4. The summed E-state index contributed by atoms with van der Waals surface area (Å²) in [6.07, 6.45) is 0. The molecule has 0 aliphatic heterocycles. The molecule has 4 nitrogen and oxygen atoms in total. The van der Waals surface area contributed by atoms with Crippen molar-refractivity contribution in [3.63, 3.8) is 0 Å². The first-order chi connectivity index (χ1) is 9.10. The van der Waals surface area contributed by atoms with Crippen LogP contribution in [0.5, 0.6) is 0 Å². The van der Waals surface area contributed by atoms with Gasteiger partial charge in [-0.1, -0.05) is 6.07 Å². The molecule has 1 aromatic rings. The zero-order valence-electron chi connectivity index (χ0n) is 12.5. The molecule has 1 amide bonds. The fraction of sp³-hybridized carbons (Fsp3) is 0.467. The molecule has 0 aliphatic carbocycles. The molecule has 1 aromatic carbocycles. The number of halogens is 1. The van der Waals surface area contributed by atoms with E-state index in [2.05, 4.69) is 0 Å². The number of carbonyl (C=O) groups excluding carboxylic acids is 2. The van der Waals surface area contributed by atoms with Crippen LogP contribution in [0.3, 0.4) is 0 Å². The van der Waals surface area contributed by atoms with E-state index in [9.17, 15) is 14.0 Å². The molecule has 0 radical (unpaired) electrons. The van der Waals surface area contributed by atoms with Crippen LogP contribution in [0.15, 0.2) is 18.2 Å². The van der Waals surface area contributed by atoms with Gasteiger partial charge in [0.1, 0.15) is 18.0 Å². The Kier molecular flexibility index (Phi) is 4.87. The van der Waals surface area contributed by atoms with E-state index in [1.165, 1.54) is 30.1 Å². The van der Waals surface area contributed by atoms with Crippen LogP contribution in [-0.2, 0) is 9.53 Å². The number of hydrogen-bond acceptors (Lipinski definition) is 3. The van der Waals surface area contributed by atoms with Gasteiger partial charge in [0.05, 0.1) is 0 Å². The van der Waals surface area contributed by atoms with Crippen LogP contribution < -0.4 is 0 Å². The number of rotatable bonds is 3. The molecule has 110 valence electrons. The minimum absolute atomic E-state index is 0.175. The smallest absolute Gasteiger partial charge is 0.326 e. The molecule has 0 spiro atoms. The van der Waals surface area contributed by atoms with Crippen molar-refractivity contribution >= 4 is 11.9 Å². The van der Waals surface area contributed by atoms with Gasteiger partial charge < -0.3 is 9.64 Å². The van der Waals surface area contributed by atoms with Crippen LogP contribution in [-0.4, -0.2) is 36.0 Å². The molecular formula is C15H20FNO3. The first-order valence-corrected chi connectivity index (χ1v) is 6.33. The van der Waals surface area contributed by atoms with Crippen molar-refractivity contribution in [3.8, 4) is 0 Å². The molecule has 0 heterocycles. The van der Waals surface area contributed by atoms with Crippen molar-refractivity contribution in [1.82, 2.24) is 4.90 Å². The lowest BCUT2D eigenvalue weighted by Crippen LogP contribution is -2.36. The number of carbonyl (C=O) groups is 2. The maximum Gasteiger partial charge on any atom is 0.326 e. The van der Waals surface area contributed by atoms with Gasteiger partial charge in [-0.25, -0.2) is 4.39 Å². The fourth-order valence-electron chi connectivity index (χ4n) is 1.59. The standard InChI is InChI=1S/C15H20FNO3/c1-10-6-7-11(8-12(10)16)14(19)17(5)9-13(18)20-15(2,3)4/h6-8H,9H2,1-5H3. The molecule has 0 aromatic heterocycles. The average Bonchev–Trinajstić information content (AvgIpc) is 2.29. The SMILES string of the molecule is Cc1ccc(C(=O)N(C)CC(=O)OC(C)(C)C)cc1F. The fourth-order valence-corrected chi connectivity index (χ4v) is 1.59. The summed E-state index contributed by atoms with van der Waals surface area (Å²) in [5.41, 5.74) is 0.0761. The zero-order valence-corrected chi connectivity index (χ0v) is 12.5. The van der Waals surface area contributed by atoms with Crippen molar-refractivity contribution in [1.29, 1.82) is 0 Å². The Bertz CT molecular complexity index is 520. The van der Waals surface area contributed by atoms with Gasteiger partial charge in [0.25, 0.3) is 5.91 Å². The lowest BCUT2D eigenvalue weighted by atomic mass is 10.1. The summed E-state index contributed by atoms with van der Waals surface area (Å²) in [4.78, 5) is 24.9. The lowest BCUT2D eigenvalue weighted by Gasteiger charge is -2.22. The quantitative estimate of drug-likeness (QED) is 0.800. The van der Waals surface area contributed by atoms with E-state index in [-0.39, 0.29) is 12.1 Å². The van der Waals surface area contributed by atoms with Crippen LogP contribution in [0, 0.1) is 12.7 Å². The Balaban J connectivity index is 2.72. The van der Waals surface area contributed by atoms with E-state index in [1.807, 2.05) is 0 Å². The van der Waals surface area contributed by atoms with E-state index >= 15 is 0 Å². The summed E-state index contributed by atoms with van der Waals surface area (Å²) >= 11 is 0. The van der Waals surface area contributed by atoms with E-state index in [1.54, 1.807) is 27.7 Å². The molecule has 0 atom stereocenters. The summed E-state index contributed by atoms with van der Waals surface area (Å²) in [6, 6.07) is 4.24. The second-order valence-electron chi connectivity index (χ2n) is 5.71. The minimum Gasteiger partial charge on any atom is -0.459 e. The van der Waals surface area contributed by atoms with Crippen molar-refractivity contribution < 1.29 is 18.7 Å². The third-order valence-corrected chi connectivity index (χ3v) is 2.55. The predicted molar refractivity (Wildman–Crippen MR) is 73.9 cm³/mol. The highest BCUT2D eigenvalue weighted by Crippen LogP contribution is 2.12. The third kappa shape index (κ3) is 4.64. The van der Waals surface area contributed by atoms with Crippen molar-refractivity contribution in [3.05, 3.63) is 35.1 Å². The monoisotopic (exact) mass is 281 g/mol. The summed E-state index contributed by atoms with van der Waals surface area (Å²) in [5.74, 6) is -1.36. The first kappa shape index (κ1) is 16.1. The minimum atomic E-state index is -0.600. The first-order valence-electron chi connectivity index (χ1n) is 6.33. The van der Waals surface area contributed by atoms with Gasteiger partial charge in [0.2, 0.25) is 0 Å². The molecule has 0 saturated carbocycles. The van der Waals surface area contributed by atoms with Gasteiger partial charge in [-0.2, -0.15) is 0 Å². The third-order valence-electron chi connectivity index (χ3n) is 2.55. The van der Waals surface area contributed by atoms with Gasteiger partial charge in [0, 0.05) is 12.6 Å². The Hall–Kier alpha value is -1.91. The molecule has 0 fully saturated rings. The highest BCUT2D eigenvalue weighted by molar-refractivity contribution is 5.95. The van der Waals surface area contributed by atoms with Gasteiger partial charge in [0.15, 0.2) is 0 Å². The number of aryl methyl sites for hydroxylation is 1. The Morgan fingerprint density at radius 2 is 1.90 bits per heavy atom. The highest BCUT2D eigenvalue weighted by atomic mass is 19.1. The van der Waals surface area contributed by atoms with E-state index in [4.69, 9.17) is 4.74 Å². The number of nitrogens with zero attached hydrogens (tertiary/aromatic N) is 1. The van der Waals surface area contributed by atoms with Crippen molar-refractivity contribution in [2.45, 2.75) is 33.3 Å². The van der Waals surface area contributed by atoms with E-state index in [0.29, 0.717) is 5.56 Å². The Morgan fingerprint density at radius 1 is 1.30 bits per heavy atom. The van der Waals surface area contributed by atoms with Crippen molar-refractivity contribution in [2.24, 2.45) is 0 Å². The number of likely N-dealkylation sites (N-methyl/N-ethyl adjacent to an activating group) is 1.